The zero-order chi connectivity index (χ0) is 10.1. The Morgan fingerprint density at radius 3 is 1.57 bits per heavy atom. The van der Waals surface area contributed by atoms with Crippen LogP contribution in [0.2, 0.25) is 0 Å². The van der Waals surface area contributed by atoms with Gasteiger partial charge >= 0.3 is 0 Å². The molecular weight excluding hydrogens is 176 g/mol. The Labute approximate surface area is 87.0 Å². The van der Waals surface area contributed by atoms with Crippen molar-refractivity contribution in [2.75, 3.05) is 0 Å². The predicted octanol–water partition coefficient (Wildman–Crippen LogP) is 3.13. The van der Waals surface area contributed by atoms with Gasteiger partial charge in [0.2, 0.25) is 6.29 Å². The van der Waals surface area contributed by atoms with Gasteiger partial charge in [-0.2, -0.15) is 0 Å². The molecule has 0 saturated heterocycles. The van der Waals surface area contributed by atoms with Crippen LogP contribution in [-0.4, -0.2) is 12.2 Å². The van der Waals surface area contributed by atoms with Crippen molar-refractivity contribution in [1.29, 1.82) is 0 Å². The van der Waals surface area contributed by atoms with Crippen LogP contribution >= 0.6 is 0 Å². The van der Waals surface area contributed by atoms with E-state index < -0.39 is 0 Å². The Kier molecular flexibility index (Phi) is 3.13. The summed E-state index contributed by atoms with van der Waals surface area (Å²) >= 11 is 0. The Morgan fingerprint density at radius 1 is 0.929 bits per heavy atom. The van der Waals surface area contributed by atoms with E-state index in [1.807, 2.05) is 6.92 Å². The van der Waals surface area contributed by atoms with Crippen molar-refractivity contribution in [2.24, 2.45) is 11.8 Å². The van der Waals surface area contributed by atoms with Crippen molar-refractivity contribution in [3.05, 3.63) is 6.29 Å². The van der Waals surface area contributed by atoms with Crippen LogP contribution in [0.1, 0.15) is 46.5 Å². The fraction of sp³-hybridized carbons (Fsp3) is 0.917. The first-order valence-corrected chi connectivity index (χ1v) is 5.83. The molecule has 0 spiro atoms. The number of hydrogen-bond acceptors (Lipinski definition) is 2. The smallest absolute Gasteiger partial charge is 0.221 e. The van der Waals surface area contributed by atoms with Crippen molar-refractivity contribution in [3.63, 3.8) is 0 Å². The summed E-state index contributed by atoms with van der Waals surface area (Å²) in [5.41, 5.74) is 0. The molecule has 2 rings (SSSR count). The standard InChI is InChI=1S/C12H21O2/c1-8(11-4-5-11)13-10(3)14-9(2)12-6-7-12/h8-9,11-12H,4-7H2,1-3H3. The summed E-state index contributed by atoms with van der Waals surface area (Å²) in [5.74, 6) is 1.56. The Hall–Kier alpha value is -0.0800. The molecular formula is C12H21O2. The summed E-state index contributed by atoms with van der Waals surface area (Å²) in [7, 11) is 0. The summed E-state index contributed by atoms with van der Waals surface area (Å²) in [6.07, 6.45) is 6.77. The fourth-order valence-corrected chi connectivity index (χ4v) is 1.88. The average molecular weight is 197 g/mol. The van der Waals surface area contributed by atoms with Crippen LogP contribution in [0, 0.1) is 18.1 Å². The van der Waals surface area contributed by atoms with Crippen molar-refractivity contribution in [2.45, 2.75) is 58.7 Å². The minimum Gasteiger partial charge on any atom is -0.342 e. The van der Waals surface area contributed by atoms with Gasteiger partial charge in [0.1, 0.15) is 0 Å². The predicted molar refractivity (Wildman–Crippen MR) is 55.5 cm³/mol. The quantitative estimate of drug-likeness (QED) is 0.651. The van der Waals surface area contributed by atoms with Gasteiger partial charge in [-0.25, -0.2) is 0 Å². The molecule has 14 heavy (non-hydrogen) atoms. The Bertz CT molecular complexity index is 165. The molecule has 81 valence electrons. The van der Waals surface area contributed by atoms with Crippen molar-refractivity contribution >= 4 is 0 Å². The van der Waals surface area contributed by atoms with Crippen molar-refractivity contribution < 1.29 is 9.47 Å². The molecule has 2 unspecified atom stereocenters. The van der Waals surface area contributed by atoms with E-state index in [9.17, 15) is 0 Å². The summed E-state index contributed by atoms with van der Waals surface area (Å²) < 4.78 is 11.4. The summed E-state index contributed by atoms with van der Waals surface area (Å²) in [4.78, 5) is 0. The lowest BCUT2D eigenvalue weighted by molar-refractivity contribution is -0.102. The van der Waals surface area contributed by atoms with E-state index in [1.54, 1.807) is 0 Å². The lowest BCUT2D eigenvalue weighted by Gasteiger charge is -2.21. The monoisotopic (exact) mass is 197 g/mol. The fourth-order valence-electron chi connectivity index (χ4n) is 1.88. The lowest BCUT2D eigenvalue weighted by Crippen LogP contribution is -2.20. The summed E-state index contributed by atoms with van der Waals surface area (Å²) in [6.45, 7) is 6.23. The molecule has 2 heteroatoms. The Balaban J connectivity index is 1.63. The van der Waals surface area contributed by atoms with Crippen LogP contribution in [0.5, 0.6) is 0 Å². The molecule has 2 aliphatic carbocycles. The molecule has 0 aromatic heterocycles. The number of hydrogen-bond donors (Lipinski definition) is 0. The van der Waals surface area contributed by atoms with Crippen LogP contribution in [0.15, 0.2) is 0 Å². The van der Waals surface area contributed by atoms with Crippen LogP contribution in [0.3, 0.4) is 0 Å². The third-order valence-corrected chi connectivity index (χ3v) is 3.28. The zero-order valence-corrected chi connectivity index (χ0v) is 9.45. The molecule has 0 aliphatic heterocycles. The molecule has 0 N–H and O–H groups in total. The molecule has 0 aromatic rings. The van der Waals surface area contributed by atoms with Gasteiger partial charge in [-0.15, -0.1) is 0 Å². The van der Waals surface area contributed by atoms with Crippen LogP contribution in [0.4, 0.5) is 0 Å². The SMILES string of the molecule is C[C](OC(C)C1CC1)OC(C)C1CC1. The minimum absolute atomic E-state index is 0.349. The van der Waals surface area contributed by atoms with Gasteiger partial charge in [0, 0.05) is 0 Å². The summed E-state index contributed by atoms with van der Waals surface area (Å²) in [5, 5.41) is 0. The van der Waals surface area contributed by atoms with E-state index in [4.69, 9.17) is 9.47 Å². The van der Waals surface area contributed by atoms with Crippen molar-refractivity contribution in [3.8, 4) is 0 Å². The molecule has 2 atom stereocenters. The van der Waals surface area contributed by atoms with Crippen molar-refractivity contribution in [1.82, 2.24) is 0 Å². The molecule has 2 fully saturated rings. The molecule has 0 heterocycles. The highest BCUT2D eigenvalue weighted by atomic mass is 16.7. The van der Waals surface area contributed by atoms with E-state index in [-0.39, 0.29) is 0 Å². The van der Waals surface area contributed by atoms with E-state index in [0.29, 0.717) is 12.2 Å². The molecule has 2 nitrogen and oxygen atoms in total. The normalized spacial score (nSPS) is 26.6. The molecule has 0 amide bonds. The van der Waals surface area contributed by atoms with Gasteiger partial charge in [-0.3, -0.25) is 0 Å². The topological polar surface area (TPSA) is 18.5 Å². The Morgan fingerprint density at radius 2 is 1.29 bits per heavy atom. The highest BCUT2D eigenvalue weighted by Gasteiger charge is 2.33. The van der Waals surface area contributed by atoms with Gasteiger partial charge in [0.15, 0.2) is 0 Å². The molecule has 0 bridgehead atoms. The highest BCUT2D eigenvalue weighted by molar-refractivity contribution is 4.83. The average Bonchev–Trinajstić information content (AvgIpc) is 2.98. The summed E-state index contributed by atoms with van der Waals surface area (Å²) in [6, 6.07) is 0. The van der Waals surface area contributed by atoms with E-state index in [1.165, 1.54) is 25.7 Å². The maximum absolute atomic E-state index is 5.72. The molecule has 2 aliphatic rings. The second-order valence-corrected chi connectivity index (χ2v) is 4.81. The second kappa shape index (κ2) is 4.19. The third kappa shape index (κ3) is 2.96. The van der Waals surface area contributed by atoms with E-state index in [0.717, 1.165) is 18.1 Å². The second-order valence-electron chi connectivity index (χ2n) is 4.81. The first-order chi connectivity index (χ1) is 6.66. The van der Waals surface area contributed by atoms with Crippen LogP contribution < -0.4 is 0 Å². The molecule has 2 saturated carbocycles. The first-order valence-electron chi connectivity index (χ1n) is 5.83. The van der Waals surface area contributed by atoms with E-state index in [2.05, 4.69) is 13.8 Å². The maximum Gasteiger partial charge on any atom is 0.221 e. The largest absolute Gasteiger partial charge is 0.342 e. The molecule has 1 radical (unpaired) electrons. The van der Waals surface area contributed by atoms with E-state index >= 15 is 0 Å². The van der Waals surface area contributed by atoms with Gasteiger partial charge in [-0.05, 0) is 58.3 Å². The minimum atomic E-state index is 0.349. The van der Waals surface area contributed by atoms with Gasteiger partial charge in [0.05, 0.1) is 12.2 Å². The van der Waals surface area contributed by atoms with Gasteiger partial charge in [0.25, 0.3) is 0 Å². The molecule has 0 aromatic carbocycles. The van der Waals surface area contributed by atoms with Gasteiger partial charge < -0.3 is 9.47 Å². The number of rotatable bonds is 6. The lowest BCUT2D eigenvalue weighted by atomic mass is 10.2. The van der Waals surface area contributed by atoms with Crippen LogP contribution in [0.25, 0.3) is 0 Å². The highest BCUT2D eigenvalue weighted by Crippen LogP contribution is 2.37. The number of ether oxygens (including phenoxy) is 2. The third-order valence-electron chi connectivity index (χ3n) is 3.28. The van der Waals surface area contributed by atoms with Gasteiger partial charge in [-0.1, -0.05) is 0 Å². The maximum atomic E-state index is 5.72. The zero-order valence-electron chi connectivity index (χ0n) is 9.45. The first kappa shape index (κ1) is 10.4. The van der Waals surface area contributed by atoms with Crippen LogP contribution in [-0.2, 0) is 9.47 Å².